The molecule has 0 heterocycles. The molecule has 0 spiro atoms. The number of oxime groups is 1. The molecule has 0 aliphatic heterocycles. The largest absolute Gasteiger partial charge is 0.399 e. The van der Waals surface area contributed by atoms with Crippen molar-refractivity contribution >= 4 is 5.71 Å². The van der Waals surface area contributed by atoms with Gasteiger partial charge in [0.05, 0.1) is 5.71 Å². The quantitative estimate of drug-likeness (QED) is 0.452. The van der Waals surface area contributed by atoms with Crippen molar-refractivity contribution in [2.45, 2.75) is 19.3 Å². The smallest absolute Gasteiger partial charge is 0.106 e. The maximum atomic E-state index is 4.53. The van der Waals surface area contributed by atoms with Gasteiger partial charge in [-0.2, -0.15) is 0 Å². The molecule has 40 valence electrons. The first kappa shape index (κ1) is 4.62. The summed E-state index contributed by atoms with van der Waals surface area (Å²) in [5.41, 5.74) is 1.21. The molecule has 0 aromatic carbocycles. The molecule has 0 bridgehead atoms. The van der Waals surface area contributed by atoms with E-state index in [1.165, 1.54) is 12.1 Å². The second-order valence-electron chi connectivity index (χ2n) is 1.69. The van der Waals surface area contributed by atoms with Crippen LogP contribution in [0.2, 0.25) is 0 Å². The van der Waals surface area contributed by atoms with Crippen LogP contribution in [0.3, 0.4) is 0 Å². The first-order valence-corrected chi connectivity index (χ1v) is 2.52. The van der Waals surface area contributed by atoms with Gasteiger partial charge in [0.15, 0.2) is 0 Å². The normalized spacial score (nSPS) is 18.1. The molecule has 0 amide bonds. The summed E-state index contributed by atoms with van der Waals surface area (Å²) < 4.78 is 0. The van der Waals surface area contributed by atoms with Crippen LogP contribution >= 0.6 is 0 Å². The summed E-state index contributed by atoms with van der Waals surface area (Å²) in [6.45, 7) is 0. The lowest BCUT2D eigenvalue weighted by Crippen LogP contribution is -2.09. The lowest BCUT2D eigenvalue weighted by atomic mass is 9.98. The molecule has 0 radical (unpaired) electrons. The Morgan fingerprint density at radius 1 is 1.57 bits per heavy atom. The summed E-state index contributed by atoms with van der Waals surface area (Å²) in [6, 6.07) is 0. The zero-order valence-corrected chi connectivity index (χ0v) is 4.48. The van der Waals surface area contributed by atoms with Crippen molar-refractivity contribution in [1.82, 2.24) is 0 Å². The van der Waals surface area contributed by atoms with Crippen LogP contribution in [-0.2, 0) is 4.84 Å². The van der Waals surface area contributed by atoms with Crippen LogP contribution in [0.4, 0.5) is 0 Å². The highest BCUT2D eigenvalue weighted by atomic mass is 16.6. The van der Waals surface area contributed by atoms with Gasteiger partial charge in [-0.1, -0.05) is 5.16 Å². The molecule has 0 aromatic rings. The minimum atomic E-state index is 1.15. The molecule has 2 heteroatoms. The van der Waals surface area contributed by atoms with E-state index < -0.39 is 0 Å². The highest BCUT2D eigenvalue weighted by Gasteiger charge is 2.09. The van der Waals surface area contributed by atoms with Crippen LogP contribution in [0.25, 0.3) is 0 Å². The van der Waals surface area contributed by atoms with Crippen molar-refractivity contribution in [1.29, 1.82) is 0 Å². The van der Waals surface area contributed by atoms with E-state index in [1.807, 2.05) is 0 Å². The van der Waals surface area contributed by atoms with Crippen LogP contribution in [0.15, 0.2) is 5.16 Å². The molecule has 1 aliphatic rings. The molecule has 1 aliphatic carbocycles. The van der Waals surface area contributed by atoms with Gasteiger partial charge in [-0.25, -0.2) is 0 Å². The molecule has 0 atom stereocenters. The van der Waals surface area contributed by atoms with Crippen LogP contribution in [0.5, 0.6) is 0 Å². The SMILES string of the molecule is CON=C1CCC1. The first-order valence-electron chi connectivity index (χ1n) is 2.52. The van der Waals surface area contributed by atoms with E-state index >= 15 is 0 Å². The third-order valence-electron chi connectivity index (χ3n) is 1.15. The summed E-state index contributed by atoms with van der Waals surface area (Å²) >= 11 is 0. The average molecular weight is 99.1 g/mol. The average Bonchev–Trinajstić information content (AvgIpc) is 1.55. The zero-order chi connectivity index (χ0) is 5.11. The molecule has 1 saturated carbocycles. The molecular formula is C5H9NO. The molecule has 0 N–H and O–H groups in total. The van der Waals surface area contributed by atoms with Gasteiger partial charge in [0.25, 0.3) is 0 Å². The molecule has 7 heavy (non-hydrogen) atoms. The van der Waals surface area contributed by atoms with Gasteiger partial charge in [0.2, 0.25) is 0 Å². The topological polar surface area (TPSA) is 21.6 Å². The van der Waals surface area contributed by atoms with Crippen LogP contribution in [0, 0.1) is 0 Å². The van der Waals surface area contributed by atoms with Gasteiger partial charge in [0, 0.05) is 0 Å². The van der Waals surface area contributed by atoms with E-state index in [0.29, 0.717) is 0 Å². The number of hydrogen-bond acceptors (Lipinski definition) is 2. The maximum absolute atomic E-state index is 4.53. The highest BCUT2D eigenvalue weighted by molar-refractivity contribution is 5.88. The second-order valence-corrected chi connectivity index (χ2v) is 1.69. The van der Waals surface area contributed by atoms with Crippen molar-refractivity contribution in [3.05, 3.63) is 0 Å². The van der Waals surface area contributed by atoms with E-state index in [-0.39, 0.29) is 0 Å². The third-order valence-corrected chi connectivity index (χ3v) is 1.15. The lowest BCUT2D eigenvalue weighted by molar-refractivity contribution is 0.209. The Kier molecular flexibility index (Phi) is 1.29. The van der Waals surface area contributed by atoms with Crippen molar-refractivity contribution in [2.75, 3.05) is 7.11 Å². The van der Waals surface area contributed by atoms with Crippen LogP contribution in [-0.4, -0.2) is 12.8 Å². The monoisotopic (exact) mass is 99.1 g/mol. The van der Waals surface area contributed by atoms with Crippen molar-refractivity contribution in [2.24, 2.45) is 5.16 Å². The molecule has 2 nitrogen and oxygen atoms in total. The number of hydrogen-bond donors (Lipinski definition) is 0. The second kappa shape index (κ2) is 1.96. The standard InChI is InChI=1S/C5H9NO/c1-7-6-5-3-2-4-5/h2-4H2,1H3. The summed E-state index contributed by atoms with van der Waals surface area (Å²) in [7, 11) is 1.59. The van der Waals surface area contributed by atoms with Gasteiger partial charge in [-0.05, 0) is 19.3 Å². The molecule has 1 rings (SSSR count). The fourth-order valence-electron chi connectivity index (χ4n) is 0.555. The van der Waals surface area contributed by atoms with Gasteiger partial charge >= 0.3 is 0 Å². The number of nitrogens with zero attached hydrogens (tertiary/aromatic N) is 1. The lowest BCUT2D eigenvalue weighted by Gasteiger charge is -2.11. The molecule has 0 aromatic heterocycles. The van der Waals surface area contributed by atoms with Gasteiger partial charge in [0.1, 0.15) is 7.11 Å². The van der Waals surface area contributed by atoms with Gasteiger partial charge in [-0.15, -0.1) is 0 Å². The van der Waals surface area contributed by atoms with Gasteiger partial charge in [-0.3, -0.25) is 0 Å². The molecule has 0 unspecified atom stereocenters. The summed E-state index contributed by atoms with van der Waals surface area (Å²) in [6.07, 6.45) is 3.59. The van der Waals surface area contributed by atoms with Gasteiger partial charge < -0.3 is 4.84 Å². The Bertz CT molecular complexity index is 82.1. The van der Waals surface area contributed by atoms with E-state index in [4.69, 9.17) is 0 Å². The summed E-state index contributed by atoms with van der Waals surface area (Å²) in [4.78, 5) is 4.53. The van der Waals surface area contributed by atoms with Crippen LogP contribution < -0.4 is 0 Å². The predicted molar refractivity (Wildman–Crippen MR) is 28.3 cm³/mol. The summed E-state index contributed by atoms with van der Waals surface area (Å²) in [5, 5.41) is 3.75. The van der Waals surface area contributed by atoms with E-state index in [0.717, 1.165) is 12.8 Å². The fraction of sp³-hybridized carbons (Fsp3) is 0.800. The minimum absolute atomic E-state index is 1.15. The van der Waals surface area contributed by atoms with Crippen LogP contribution in [0.1, 0.15) is 19.3 Å². The van der Waals surface area contributed by atoms with Crippen molar-refractivity contribution in [3.63, 3.8) is 0 Å². The fourth-order valence-corrected chi connectivity index (χ4v) is 0.555. The van der Waals surface area contributed by atoms with Crippen molar-refractivity contribution < 1.29 is 4.84 Å². The van der Waals surface area contributed by atoms with E-state index in [9.17, 15) is 0 Å². The maximum Gasteiger partial charge on any atom is 0.106 e. The van der Waals surface area contributed by atoms with E-state index in [2.05, 4.69) is 9.99 Å². The molecule has 1 fully saturated rings. The summed E-state index contributed by atoms with van der Waals surface area (Å²) in [5.74, 6) is 0. The first-order chi connectivity index (χ1) is 3.43. The Labute approximate surface area is 43.2 Å². The molecular weight excluding hydrogens is 90.1 g/mol. The Morgan fingerprint density at radius 2 is 2.29 bits per heavy atom. The zero-order valence-electron chi connectivity index (χ0n) is 4.48. The molecule has 0 saturated heterocycles. The number of rotatable bonds is 1. The minimum Gasteiger partial charge on any atom is -0.399 e. The Hall–Kier alpha value is -0.530. The van der Waals surface area contributed by atoms with Crippen molar-refractivity contribution in [3.8, 4) is 0 Å². The highest BCUT2D eigenvalue weighted by Crippen LogP contribution is 2.13. The predicted octanol–water partition coefficient (Wildman–Crippen LogP) is 1.17. The Balaban J connectivity index is 2.23. The Morgan fingerprint density at radius 3 is 2.43 bits per heavy atom. The van der Waals surface area contributed by atoms with E-state index in [1.54, 1.807) is 7.11 Å². The third kappa shape index (κ3) is 0.918.